The number of hydrogen-bond donors (Lipinski definition) is 1. The quantitative estimate of drug-likeness (QED) is 0.877. The van der Waals surface area contributed by atoms with Crippen LogP contribution in [0.25, 0.3) is 0 Å². The number of amides is 1. The van der Waals surface area contributed by atoms with Crippen molar-refractivity contribution in [3.05, 3.63) is 22.7 Å². The third-order valence-electron chi connectivity index (χ3n) is 3.69. The molecule has 120 valence electrons. The highest BCUT2D eigenvalue weighted by atomic mass is 35.5. The van der Waals surface area contributed by atoms with Crippen molar-refractivity contribution in [2.24, 2.45) is 0 Å². The maximum Gasteiger partial charge on any atom is 0.238 e. The Bertz CT molecular complexity index is 714. The van der Waals surface area contributed by atoms with E-state index in [0.29, 0.717) is 22.1 Å². The third kappa shape index (κ3) is 3.15. The van der Waals surface area contributed by atoms with Crippen LogP contribution in [-0.2, 0) is 20.4 Å². The van der Waals surface area contributed by atoms with E-state index in [1.165, 1.54) is 13.0 Å². The summed E-state index contributed by atoms with van der Waals surface area (Å²) >= 11 is 6.04. The standard InChI is InChI=1S/C14H16ClNO5S/c1-8(14(17)16-10-2-3-10)22(18,19)6-9-4-11(15)13-12(5-9)20-7-21-13/h4-5,8,10H,2-3,6-7H2,1H3,(H,16,17)/t8-/m1/s1. The maximum atomic E-state index is 12.4. The molecule has 0 saturated heterocycles. The molecule has 1 aromatic rings. The Morgan fingerprint density at radius 2 is 2.14 bits per heavy atom. The Labute approximate surface area is 133 Å². The number of carbonyl (C=O) groups excluding carboxylic acids is 1. The van der Waals surface area contributed by atoms with Crippen molar-refractivity contribution in [1.82, 2.24) is 5.32 Å². The number of rotatable bonds is 5. The fourth-order valence-corrected chi connectivity index (χ4v) is 3.73. The molecule has 1 fully saturated rings. The monoisotopic (exact) mass is 345 g/mol. The molecular formula is C14H16ClNO5S. The zero-order valence-corrected chi connectivity index (χ0v) is 13.5. The van der Waals surface area contributed by atoms with E-state index >= 15 is 0 Å². The number of carbonyl (C=O) groups is 1. The van der Waals surface area contributed by atoms with Gasteiger partial charge < -0.3 is 14.8 Å². The summed E-state index contributed by atoms with van der Waals surface area (Å²) in [6.45, 7) is 1.47. The highest BCUT2D eigenvalue weighted by molar-refractivity contribution is 7.92. The molecule has 3 rings (SSSR count). The second-order valence-corrected chi connectivity index (χ2v) is 8.27. The summed E-state index contributed by atoms with van der Waals surface area (Å²) in [6.07, 6.45) is 1.83. The summed E-state index contributed by atoms with van der Waals surface area (Å²) in [5.74, 6) is 0.118. The lowest BCUT2D eigenvalue weighted by atomic mass is 10.2. The zero-order chi connectivity index (χ0) is 15.9. The molecule has 2 aliphatic rings. The van der Waals surface area contributed by atoms with Gasteiger partial charge in [-0.15, -0.1) is 0 Å². The Morgan fingerprint density at radius 3 is 2.82 bits per heavy atom. The van der Waals surface area contributed by atoms with Gasteiger partial charge in [-0.1, -0.05) is 11.6 Å². The van der Waals surface area contributed by atoms with Crippen LogP contribution >= 0.6 is 11.6 Å². The minimum absolute atomic E-state index is 0.0610. The smallest absolute Gasteiger partial charge is 0.238 e. The number of ether oxygens (including phenoxy) is 2. The average Bonchev–Trinajstić information content (AvgIpc) is 3.11. The normalized spacial score (nSPS) is 18.1. The highest BCUT2D eigenvalue weighted by Gasteiger charge is 2.33. The molecule has 6 nitrogen and oxygen atoms in total. The molecule has 8 heteroatoms. The van der Waals surface area contributed by atoms with E-state index in [1.807, 2.05) is 0 Å². The van der Waals surface area contributed by atoms with Gasteiger partial charge in [-0.3, -0.25) is 4.79 Å². The molecule has 0 aromatic heterocycles. The maximum absolute atomic E-state index is 12.4. The topological polar surface area (TPSA) is 81.7 Å². The molecule has 1 saturated carbocycles. The van der Waals surface area contributed by atoms with Crippen LogP contribution in [0.3, 0.4) is 0 Å². The SMILES string of the molecule is C[C@H](C(=O)NC1CC1)S(=O)(=O)Cc1cc(Cl)c2c(c1)OCO2. The second-order valence-electron chi connectivity index (χ2n) is 5.54. The first-order valence-electron chi connectivity index (χ1n) is 6.97. The molecule has 0 unspecified atom stereocenters. The number of fused-ring (bicyclic) bond motifs is 1. The van der Waals surface area contributed by atoms with Gasteiger partial charge in [0, 0.05) is 6.04 Å². The van der Waals surface area contributed by atoms with Crippen molar-refractivity contribution < 1.29 is 22.7 Å². The molecule has 0 bridgehead atoms. The molecule has 1 N–H and O–H groups in total. The summed E-state index contributed by atoms with van der Waals surface area (Å²) in [5, 5.41) is 1.91. The van der Waals surface area contributed by atoms with Gasteiger partial charge in [0.25, 0.3) is 0 Å². The molecule has 1 atom stereocenters. The van der Waals surface area contributed by atoms with E-state index in [0.717, 1.165) is 12.8 Å². The second kappa shape index (κ2) is 5.62. The lowest BCUT2D eigenvalue weighted by Gasteiger charge is -2.13. The van der Waals surface area contributed by atoms with Crippen LogP contribution in [-0.4, -0.2) is 32.4 Å². The highest BCUT2D eigenvalue weighted by Crippen LogP contribution is 2.40. The van der Waals surface area contributed by atoms with Gasteiger partial charge in [-0.25, -0.2) is 8.42 Å². The van der Waals surface area contributed by atoms with E-state index in [-0.39, 0.29) is 18.6 Å². The number of sulfone groups is 1. The van der Waals surface area contributed by atoms with E-state index in [2.05, 4.69) is 5.32 Å². The number of hydrogen-bond acceptors (Lipinski definition) is 5. The van der Waals surface area contributed by atoms with Gasteiger partial charge in [-0.2, -0.15) is 0 Å². The average molecular weight is 346 g/mol. The van der Waals surface area contributed by atoms with Crippen molar-refractivity contribution in [2.45, 2.75) is 36.8 Å². The first kappa shape index (κ1) is 15.4. The Morgan fingerprint density at radius 1 is 1.41 bits per heavy atom. The fourth-order valence-electron chi connectivity index (χ4n) is 2.17. The van der Waals surface area contributed by atoms with Gasteiger partial charge >= 0.3 is 0 Å². The lowest BCUT2D eigenvalue weighted by molar-refractivity contribution is -0.120. The largest absolute Gasteiger partial charge is 0.454 e. The van der Waals surface area contributed by atoms with Gasteiger partial charge in [0.1, 0.15) is 5.25 Å². The summed E-state index contributed by atoms with van der Waals surface area (Å²) < 4.78 is 35.2. The number of halogens is 1. The van der Waals surface area contributed by atoms with Crippen LogP contribution in [0.2, 0.25) is 5.02 Å². The molecule has 1 aliphatic heterocycles. The van der Waals surface area contributed by atoms with Crippen LogP contribution in [0.15, 0.2) is 12.1 Å². The summed E-state index contributed by atoms with van der Waals surface area (Å²) in [4.78, 5) is 11.9. The van der Waals surface area contributed by atoms with Gasteiger partial charge in [-0.05, 0) is 37.5 Å². The van der Waals surface area contributed by atoms with Crippen molar-refractivity contribution in [3.8, 4) is 11.5 Å². The van der Waals surface area contributed by atoms with Gasteiger partial charge in [0.05, 0.1) is 10.8 Å². The van der Waals surface area contributed by atoms with Crippen LogP contribution in [0.1, 0.15) is 25.3 Å². The molecule has 1 amide bonds. The van der Waals surface area contributed by atoms with Crippen LogP contribution in [0, 0.1) is 0 Å². The van der Waals surface area contributed by atoms with Crippen molar-refractivity contribution >= 4 is 27.3 Å². The third-order valence-corrected chi connectivity index (χ3v) is 5.99. The summed E-state index contributed by atoms with van der Waals surface area (Å²) in [7, 11) is -3.63. The van der Waals surface area contributed by atoms with Crippen LogP contribution < -0.4 is 14.8 Å². The Balaban J connectivity index is 1.76. The molecule has 0 radical (unpaired) electrons. The van der Waals surface area contributed by atoms with E-state index in [9.17, 15) is 13.2 Å². The van der Waals surface area contributed by atoms with Gasteiger partial charge in [0.15, 0.2) is 21.3 Å². The number of nitrogens with one attached hydrogen (secondary N) is 1. The zero-order valence-electron chi connectivity index (χ0n) is 12.0. The molecule has 1 heterocycles. The lowest BCUT2D eigenvalue weighted by Crippen LogP contribution is -2.39. The number of benzene rings is 1. The van der Waals surface area contributed by atoms with E-state index in [4.69, 9.17) is 21.1 Å². The van der Waals surface area contributed by atoms with Crippen LogP contribution in [0.5, 0.6) is 11.5 Å². The summed E-state index contributed by atoms with van der Waals surface area (Å²) in [6, 6.07) is 3.24. The van der Waals surface area contributed by atoms with Crippen molar-refractivity contribution in [1.29, 1.82) is 0 Å². The molecule has 1 aliphatic carbocycles. The fraction of sp³-hybridized carbons (Fsp3) is 0.500. The van der Waals surface area contributed by atoms with E-state index < -0.39 is 21.0 Å². The molecule has 1 aromatic carbocycles. The summed E-state index contributed by atoms with van der Waals surface area (Å²) in [5.41, 5.74) is 0.473. The first-order valence-corrected chi connectivity index (χ1v) is 9.06. The molecule has 22 heavy (non-hydrogen) atoms. The Kier molecular flexibility index (Phi) is 3.94. The van der Waals surface area contributed by atoms with Crippen LogP contribution in [0.4, 0.5) is 0 Å². The van der Waals surface area contributed by atoms with E-state index in [1.54, 1.807) is 6.07 Å². The molecule has 0 spiro atoms. The van der Waals surface area contributed by atoms with Crippen molar-refractivity contribution in [2.75, 3.05) is 6.79 Å². The predicted molar refractivity (Wildman–Crippen MR) is 80.8 cm³/mol. The molecular weight excluding hydrogens is 330 g/mol. The Hall–Kier alpha value is -1.47. The predicted octanol–water partition coefficient (Wildman–Crippen LogP) is 1.65. The van der Waals surface area contributed by atoms with Crippen molar-refractivity contribution in [3.63, 3.8) is 0 Å². The minimum atomic E-state index is -3.63. The minimum Gasteiger partial charge on any atom is -0.454 e. The van der Waals surface area contributed by atoms with Gasteiger partial charge in [0.2, 0.25) is 12.7 Å². The first-order chi connectivity index (χ1) is 10.4.